The molecule has 1 N–H and O–H groups in total. The molecule has 0 aliphatic carbocycles. The minimum absolute atomic E-state index is 0.157. The number of amides is 1. The molecule has 1 aromatic carbocycles. The van der Waals surface area contributed by atoms with Crippen LogP contribution in [0.2, 0.25) is 0 Å². The molecule has 0 saturated heterocycles. The topological polar surface area (TPSA) is 107 Å². The van der Waals surface area contributed by atoms with Gasteiger partial charge in [0.2, 0.25) is 17.7 Å². The SMILES string of the molecule is CCOC(=O)c1csc(NC(=O)CCc2nnc(-c3ccc(C)cc3)o2)n1. The van der Waals surface area contributed by atoms with E-state index in [4.69, 9.17) is 9.15 Å². The Morgan fingerprint density at radius 1 is 1.22 bits per heavy atom. The van der Waals surface area contributed by atoms with Crippen LogP contribution in [-0.2, 0) is 16.0 Å². The largest absolute Gasteiger partial charge is 0.461 e. The maximum absolute atomic E-state index is 12.1. The number of nitrogens with zero attached hydrogens (tertiary/aromatic N) is 3. The molecular weight excluding hydrogens is 368 g/mol. The number of nitrogens with one attached hydrogen (secondary N) is 1. The van der Waals surface area contributed by atoms with Gasteiger partial charge in [-0.05, 0) is 26.0 Å². The van der Waals surface area contributed by atoms with Gasteiger partial charge in [-0.25, -0.2) is 9.78 Å². The van der Waals surface area contributed by atoms with Crippen LogP contribution in [0, 0.1) is 6.92 Å². The highest BCUT2D eigenvalue weighted by Gasteiger charge is 2.14. The highest BCUT2D eigenvalue weighted by atomic mass is 32.1. The van der Waals surface area contributed by atoms with Gasteiger partial charge in [0.1, 0.15) is 0 Å². The lowest BCUT2D eigenvalue weighted by atomic mass is 10.1. The van der Waals surface area contributed by atoms with Crippen LogP contribution in [0.25, 0.3) is 11.5 Å². The second-order valence-corrected chi connectivity index (χ2v) is 6.53. The lowest BCUT2D eigenvalue weighted by molar-refractivity contribution is -0.116. The van der Waals surface area contributed by atoms with E-state index in [1.165, 1.54) is 0 Å². The molecule has 2 heterocycles. The van der Waals surface area contributed by atoms with Crippen LogP contribution in [0.1, 0.15) is 35.3 Å². The summed E-state index contributed by atoms with van der Waals surface area (Å²) < 4.78 is 10.5. The summed E-state index contributed by atoms with van der Waals surface area (Å²) in [4.78, 5) is 27.7. The zero-order valence-electron chi connectivity index (χ0n) is 14.9. The van der Waals surface area contributed by atoms with Crippen LogP contribution in [-0.4, -0.2) is 33.7 Å². The predicted octanol–water partition coefficient (Wildman–Crippen LogP) is 3.25. The Morgan fingerprint density at radius 3 is 2.74 bits per heavy atom. The Labute approximate surface area is 159 Å². The van der Waals surface area contributed by atoms with Gasteiger partial charge >= 0.3 is 5.97 Å². The van der Waals surface area contributed by atoms with Crippen molar-refractivity contribution >= 4 is 28.3 Å². The lowest BCUT2D eigenvalue weighted by Gasteiger charge is -2.00. The third-order valence-electron chi connectivity index (χ3n) is 3.57. The average Bonchev–Trinajstić information content (AvgIpc) is 3.30. The molecule has 3 aromatic rings. The van der Waals surface area contributed by atoms with Crippen molar-refractivity contribution in [2.24, 2.45) is 0 Å². The lowest BCUT2D eigenvalue weighted by Crippen LogP contribution is -2.13. The zero-order valence-corrected chi connectivity index (χ0v) is 15.7. The van der Waals surface area contributed by atoms with Crippen molar-refractivity contribution in [3.05, 3.63) is 46.8 Å². The van der Waals surface area contributed by atoms with Gasteiger partial charge < -0.3 is 14.5 Å². The van der Waals surface area contributed by atoms with Crippen LogP contribution in [0.5, 0.6) is 0 Å². The van der Waals surface area contributed by atoms with Crippen LogP contribution in [0.15, 0.2) is 34.1 Å². The molecule has 1 amide bonds. The number of aryl methyl sites for hydroxylation is 2. The number of hydrogen-bond acceptors (Lipinski definition) is 8. The van der Waals surface area contributed by atoms with E-state index in [9.17, 15) is 9.59 Å². The second-order valence-electron chi connectivity index (χ2n) is 5.67. The summed E-state index contributed by atoms with van der Waals surface area (Å²) in [6.45, 7) is 3.99. The van der Waals surface area contributed by atoms with Gasteiger partial charge in [0.05, 0.1) is 6.61 Å². The smallest absolute Gasteiger partial charge is 0.357 e. The van der Waals surface area contributed by atoms with E-state index in [1.807, 2.05) is 31.2 Å². The van der Waals surface area contributed by atoms with Gasteiger partial charge in [0.25, 0.3) is 0 Å². The molecule has 27 heavy (non-hydrogen) atoms. The summed E-state index contributed by atoms with van der Waals surface area (Å²) in [6.07, 6.45) is 0.463. The van der Waals surface area contributed by atoms with Gasteiger partial charge in [-0.2, -0.15) is 0 Å². The fraction of sp³-hybridized carbons (Fsp3) is 0.278. The average molecular weight is 386 g/mol. The van der Waals surface area contributed by atoms with Crippen molar-refractivity contribution in [2.75, 3.05) is 11.9 Å². The zero-order chi connectivity index (χ0) is 19.2. The molecule has 0 bridgehead atoms. The van der Waals surface area contributed by atoms with E-state index in [2.05, 4.69) is 20.5 Å². The van der Waals surface area contributed by atoms with E-state index in [0.717, 1.165) is 22.5 Å². The highest BCUT2D eigenvalue weighted by Crippen LogP contribution is 2.19. The minimum Gasteiger partial charge on any atom is -0.461 e. The van der Waals surface area contributed by atoms with Crippen LogP contribution in [0.4, 0.5) is 5.13 Å². The first-order valence-corrected chi connectivity index (χ1v) is 9.25. The number of anilines is 1. The van der Waals surface area contributed by atoms with E-state index in [1.54, 1.807) is 12.3 Å². The van der Waals surface area contributed by atoms with Crippen LogP contribution in [0.3, 0.4) is 0 Å². The summed E-state index contributed by atoms with van der Waals surface area (Å²) in [5.74, 6) is 0.0371. The number of esters is 1. The van der Waals surface area contributed by atoms with Gasteiger partial charge in [0.15, 0.2) is 10.8 Å². The molecule has 0 unspecified atom stereocenters. The third-order valence-corrected chi connectivity index (χ3v) is 4.32. The molecule has 0 saturated carbocycles. The van der Waals surface area contributed by atoms with Crippen molar-refractivity contribution in [1.82, 2.24) is 15.2 Å². The number of thiazole rings is 1. The molecule has 0 fully saturated rings. The standard InChI is InChI=1S/C18H18N4O4S/c1-3-25-17(24)13-10-27-18(19-13)20-14(23)8-9-15-21-22-16(26-15)12-6-4-11(2)5-7-12/h4-7,10H,3,8-9H2,1-2H3,(H,19,20,23). The fourth-order valence-electron chi connectivity index (χ4n) is 2.20. The highest BCUT2D eigenvalue weighted by molar-refractivity contribution is 7.14. The number of rotatable bonds is 7. The molecule has 2 aromatic heterocycles. The maximum Gasteiger partial charge on any atom is 0.357 e. The molecule has 9 heteroatoms. The van der Waals surface area contributed by atoms with Crippen LogP contribution < -0.4 is 5.32 Å². The molecule has 0 aliphatic heterocycles. The van der Waals surface area contributed by atoms with Gasteiger partial charge in [-0.15, -0.1) is 21.5 Å². The molecule has 0 aliphatic rings. The second kappa shape index (κ2) is 8.54. The van der Waals surface area contributed by atoms with Gasteiger partial charge in [-0.3, -0.25) is 4.79 Å². The van der Waals surface area contributed by atoms with E-state index < -0.39 is 5.97 Å². The summed E-state index contributed by atoms with van der Waals surface area (Å²) >= 11 is 1.16. The Hall–Kier alpha value is -3.07. The number of benzene rings is 1. The summed E-state index contributed by atoms with van der Waals surface area (Å²) in [6, 6.07) is 7.74. The van der Waals surface area contributed by atoms with Crippen molar-refractivity contribution in [3.63, 3.8) is 0 Å². The van der Waals surface area contributed by atoms with Crippen molar-refractivity contribution in [1.29, 1.82) is 0 Å². The van der Waals surface area contributed by atoms with E-state index >= 15 is 0 Å². The number of carbonyl (C=O) groups excluding carboxylic acids is 2. The van der Waals surface area contributed by atoms with Gasteiger partial charge in [0, 0.05) is 23.8 Å². The summed E-state index contributed by atoms with van der Waals surface area (Å²) in [7, 11) is 0. The van der Waals surface area contributed by atoms with Crippen molar-refractivity contribution in [3.8, 4) is 11.5 Å². The number of carbonyl (C=O) groups is 2. The molecule has 0 radical (unpaired) electrons. The Morgan fingerprint density at radius 2 is 2.00 bits per heavy atom. The number of aromatic nitrogens is 3. The van der Waals surface area contributed by atoms with E-state index in [-0.39, 0.29) is 24.6 Å². The summed E-state index contributed by atoms with van der Waals surface area (Å²) in [5.41, 5.74) is 2.15. The molecule has 140 valence electrons. The van der Waals surface area contributed by atoms with Crippen molar-refractivity contribution < 1.29 is 18.7 Å². The molecule has 3 rings (SSSR count). The predicted molar refractivity (Wildman–Crippen MR) is 99.5 cm³/mol. The first-order valence-electron chi connectivity index (χ1n) is 8.37. The minimum atomic E-state index is -0.510. The molecule has 0 atom stereocenters. The van der Waals surface area contributed by atoms with Crippen molar-refractivity contribution in [2.45, 2.75) is 26.7 Å². The number of hydrogen-bond donors (Lipinski definition) is 1. The molecular formula is C18H18N4O4S. The molecule has 0 spiro atoms. The summed E-state index contributed by atoms with van der Waals surface area (Å²) in [5, 5.41) is 12.5. The monoisotopic (exact) mass is 386 g/mol. The Bertz CT molecular complexity index is 933. The fourth-order valence-corrected chi connectivity index (χ4v) is 2.90. The first kappa shape index (κ1) is 18.7. The number of ether oxygens (including phenoxy) is 1. The van der Waals surface area contributed by atoms with E-state index in [0.29, 0.717) is 23.3 Å². The Balaban J connectivity index is 1.52. The van der Waals surface area contributed by atoms with Gasteiger partial charge in [-0.1, -0.05) is 17.7 Å². The quantitative estimate of drug-likeness (QED) is 0.621. The Kier molecular flexibility index (Phi) is 5.92. The maximum atomic E-state index is 12.1. The van der Waals surface area contributed by atoms with Crippen LogP contribution >= 0.6 is 11.3 Å². The molecule has 8 nitrogen and oxygen atoms in total. The first-order chi connectivity index (χ1) is 13.0. The third kappa shape index (κ3) is 4.98. The normalized spacial score (nSPS) is 10.6.